The normalized spacial score (nSPS) is 12.5. The average Bonchev–Trinajstić information content (AvgIpc) is 2.37. The van der Waals surface area contributed by atoms with Crippen LogP contribution in [0.25, 0.3) is 11.1 Å². The Bertz CT molecular complexity index is 640. The van der Waals surface area contributed by atoms with Crippen LogP contribution in [0.15, 0.2) is 42.5 Å². The van der Waals surface area contributed by atoms with E-state index in [9.17, 15) is 31.4 Å². The van der Waals surface area contributed by atoms with E-state index >= 15 is 0 Å². The summed E-state index contributed by atoms with van der Waals surface area (Å²) in [5, 5.41) is 9.66. The van der Waals surface area contributed by atoms with E-state index in [1.807, 2.05) is 0 Å². The van der Waals surface area contributed by atoms with Gasteiger partial charge in [-0.05, 0) is 23.8 Å². The second-order valence-corrected chi connectivity index (χ2v) is 4.27. The maximum atomic E-state index is 12.7. The predicted octanol–water partition coefficient (Wildman–Crippen LogP) is 5.10. The summed E-state index contributed by atoms with van der Waals surface area (Å²) < 4.78 is 75.2. The van der Waals surface area contributed by atoms with E-state index in [1.165, 1.54) is 6.07 Å². The summed E-state index contributed by atoms with van der Waals surface area (Å²) in [4.78, 5) is 0. The predicted molar refractivity (Wildman–Crippen MR) is 63.5 cm³/mol. The van der Waals surface area contributed by atoms with Crippen molar-refractivity contribution in [2.45, 2.75) is 12.4 Å². The first-order chi connectivity index (χ1) is 9.60. The number of rotatable bonds is 1. The molecule has 7 heteroatoms. The van der Waals surface area contributed by atoms with Crippen LogP contribution < -0.4 is 0 Å². The van der Waals surface area contributed by atoms with E-state index in [0.717, 1.165) is 30.3 Å². The molecule has 0 unspecified atom stereocenters. The van der Waals surface area contributed by atoms with Gasteiger partial charge >= 0.3 is 12.4 Å². The number of hydrogen-bond donors (Lipinski definition) is 1. The molecule has 0 bridgehead atoms. The molecular weight excluding hydrogens is 298 g/mol. The number of hydrogen-bond acceptors (Lipinski definition) is 1. The van der Waals surface area contributed by atoms with Gasteiger partial charge in [-0.15, -0.1) is 0 Å². The molecule has 112 valence electrons. The molecule has 0 heterocycles. The van der Waals surface area contributed by atoms with Crippen molar-refractivity contribution in [3.05, 3.63) is 53.6 Å². The Morgan fingerprint density at radius 3 is 1.76 bits per heavy atom. The Morgan fingerprint density at radius 2 is 1.29 bits per heavy atom. The highest BCUT2D eigenvalue weighted by Crippen LogP contribution is 2.41. The van der Waals surface area contributed by atoms with Crippen LogP contribution in [0.1, 0.15) is 11.1 Å². The zero-order valence-electron chi connectivity index (χ0n) is 10.3. The topological polar surface area (TPSA) is 20.2 Å². The third-order valence-corrected chi connectivity index (χ3v) is 2.86. The molecule has 0 fully saturated rings. The van der Waals surface area contributed by atoms with Crippen LogP contribution in [-0.4, -0.2) is 5.11 Å². The molecule has 1 N–H and O–H groups in total. The van der Waals surface area contributed by atoms with Gasteiger partial charge in [0.25, 0.3) is 0 Å². The summed E-state index contributed by atoms with van der Waals surface area (Å²) in [5.74, 6) is -1.01. The lowest BCUT2D eigenvalue weighted by molar-refractivity contribution is -0.139. The fraction of sp³-hybridized carbons (Fsp3) is 0.143. The van der Waals surface area contributed by atoms with E-state index in [4.69, 9.17) is 0 Å². The maximum Gasteiger partial charge on any atom is 0.419 e. The molecular formula is C14H8F6O. The van der Waals surface area contributed by atoms with Gasteiger partial charge in [0.2, 0.25) is 0 Å². The van der Waals surface area contributed by atoms with Crippen molar-refractivity contribution in [2.75, 3.05) is 0 Å². The largest absolute Gasteiger partial charge is 0.507 e. The first-order valence-electron chi connectivity index (χ1n) is 5.67. The number of phenols is 1. The minimum absolute atomic E-state index is 0.0617. The van der Waals surface area contributed by atoms with Crippen molar-refractivity contribution in [1.29, 1.82) is 0 Å². The van der Waals surface area contributed by atoms with Gasteiger partial charge in [0, 0.05) is 5.56 Å². The standard InChI is InChI=1S/C14H8F6O/c15-13(16,17)9-6-4-8(5-7-9)10-2-1-3-11(12(10)21)14(18,19)20/h1-7,21H. The monoisotopic (exact) mass is 306 g/mol. The minimum Gasteiger partial charge on any atom is -0.507 e. The van der Waals surface area contributed by atoms with Gasteiger partial charge in [-0.25, -0.2) is 0 Å². The van der Waals surface area contributed by atoms with Gasteiger partial charge in [0.15, 0.2) is 0 Å². The molecule has 2 rings (SSSR count). The molecule has 0 aromatic heterocycles. The van der Waals surface area contributed by atoms with Crippen LogP contribution >= 0.6 is 0 Å². The fourth-order valence-electron chi connectivity index (χ4n) is 1.84. The summed E-state index contributed by atoms with van der Waals surface area (Å²) in [6.45, 7) is 0. The molecule has 0 spiro atoms. The summed E-state index contributed by atoms with van der Waals surface area (Å²) >= 11 is 0. The third-order valence-electron chi connectivity index (χ3n) is 2.86. The average molecular weight is 306 g/mol. The molecule has 0 saturated heterocycles. The molecule has 0 radical (unpaired) electrons. The first kappa shape index (κ1) is 15.2. The zero-order chi connectivity index (χ0) is 15.8. The van der Waals surface area contributed by atoms with Crippen LogP contribution in [0.2, 0.25) is 0 Å². The smallest absolute Gasteiger partial charge is 0.419 e. The van der Waals surface area contributed by atoms with Crippen LogP contribution in [0, 0.1) is 0 Å². The van der Waals surface area contributed by atoms with Gasteiger partial charge in [-0.1, -0.05) is 24.3 Å². The second kappa shape index (κ2) is 4.98. The quantitative estimate of drug-likeness (QED) is 0.727. The summed E-state index contributed by atoms with van der Waals surface area (Å²) in [7, 11) is 0. The van der Waals surface area contributed by atoms with E-state index in [-0.39, 0.29) is 11.1 Å². The molecule has 0 saturated carbocycles. The van der Waals surface area contributed by atoms with Crippen LogP contribution in [0.4, 0.5) is 26.3 Å². The Hall–Kier alpha value is -2.18. The number of phenolic OH excluding ortho intramolecular Hbond substituents is 1. The first-order valence-corrected chi connectivity index (χ1v) is 5.67. The minimum atomic E-state index is -4.74. The van der Waals surface area contributed by atoms with Gasteiger partial charge < -0.3 is 5.11 Å². The summed E-state index contributed by atoms with van der Waals surface area (Å²) in [6.07, 6.45) is -9.28. The highest BCUT2D eigenvalue weighted by Gasteiger charge is 2.35. The van der Waals surface area contributed by atoms with Crippen molar-refractivity contribution in [2.24, 2.45) is 0 Å². The lowest BCUT2D eigenvalue weighted by Gasteiger charge is -2.13. The van der Waals surface area contributed by atoms with Crippen molar-refractivity contribution in [1.82, 2.24) is 0 Å². The molecule has 0 atom stereocenters. The van der Waals surface area contributed by atoms with E-state index < -0.39 is 29.2 Å². The highest BCUT2D eigenvalue weighted by atomic mass is 19.4. The van der Waals surface area contributed by atoms with Gasteiger partial charge in [0.05, 0.1) is 11.1 Å². The molecule has 0 aliphatic rings. The SMILES string of the molecule is Oc1c(-c2ccc(C(F)(F)F)cc2)cccc1C(F)(F)F. The van der Waals surface area contributed by atoms with Crippen molar-refractivity contribution < 1.29 is 31.4 Å². The van der Waals surface area contributed by atoms with Crippen LogP contribution in [0.3, 0.4) is 0 Å². The molecule has 0 aliphatic heterocycles. The van der Waals surface area contributed by atoms with Crippen molar-refractivity contribution >= 4 is 0 Å². The van der Waals surface area contributed by atoms with E-state index in [0.29, 0.717) is 6.07 Å². The number of alkyl halides is 6. The van der Waals surface area contributed by atoms with E-state index in [2.05, 4.69) is 0 Å². The van der Waals surface area contributed by atoms with Gasteiger partial charge in [-0.2, -0.15) is 26.3 Å². The van der Waals surface area contributed by atoms with Gasteiger partial charge in [0.1, 0.15) is 5.75 Å². The number of aromatic hydroxyl groups is 1. The highest BCUT2D eigenvalue weighted by molar-refractivity contribution is 5.72. The summed E-state index contributed by atoms with van der Waals surface area (Å²) in [6, 6.07) is 6.49. The van der Waals surface area contributed by atoms with Gasteiger partial charge in [-0.3, -0.25) is 0 Å². The molecule has 21 heavy (non-hydrogen) atoms. The molecule has 2 aromatic carbocycles. The number of benzene rings is 2. The lowest BCUT2D eigenvalue weighted by Crippen LogP contribution is -2.06. The molecule has 1 nitrogen and oxygen atoms in total. The Morgan fingerprint density at radius 1 is 0.714 bits per heavy atom. The second-order valence-electron chi connectivity index (χ2n) is 4.27. The third kappa shape index (κ3) is 3.12. The number of halogens is 6. The van der Waals surface area contributed by atoms with Crippen LogP contribution in [0.5, 0.6) is 5.75 Å². The summed E-state index contributed by atoms with van der Waals surface area (Å²) in [5.41, 5.74) is -2.28. The van der Waals surface area contributed by atoms with Crippen molar-refractivity contribution in [3.8, 4) is 16.9 Å². The Kier molecular flexibility index (Phi) is 3.61. The fourth-order valence-corrected chi connectivity index (χ4v) is 1.84. The zero-order valence-corrected chi connectivity index (χ0v) is 10.3. The Labute approximate surface area is 115 Å². The van der Waals surface area contributed by atoms with E-state index in [1.54, 1.807) is 0 Å². The molecule has 0 aliphatic carbocycles. The van der Waals surface area contributed by atoms with Crippen molar-refractivity contribution in [3.63, 3.8) is 0 Å². The molecule has 2 aromatic rings. The molecule has 0 amide bonds. The lowest BCUT2D eigenvalue weighted by atomic mass is 10.00. The van der Waals surface area contributed by atoms with Crippen LogP contribution in [-0.2, 0) is 12.4 Å². The Balaban J connectivity index is 2.48. The number of para-hydroxylation sites is 1. The maximum absolute atomic E-state index is 12.7.